The molecule has 0 atom stereocenters. The van der Waals surface area contributed by atoms with Crippen molar-refractivity contribution in [2.75, 3.05) is 5.73 Å². The van der Waals surface area contributed by atoms with E-state index in [-0.39, 0.29) is 6.17 Å². The van der Waals surface area contributed by atoms with Gasteiger partial charge in [-0.15, -0.1) is 0 Å². The first-order valence-corrected chi connectivity index (χ1v) is 10.3. The van der Waals surface area contributed by atoms with Crippen LogP contribution in [0.3, 0.4) is 0 Å². The molecule has 4 aromatic carbocycles. The van der Waals surface area contributed by atoms with Crippen molar-refractivity contribution in [3.63, 3.8) is 0 Å². The first-order valence-electron chi connectivity index (χ1n) is 10.3. The zero-order chi connectivity index (χ0) is 21.0. The maximum Gasteiger partial charge on any atom is 0.169 e. The maximum atomic E-state index is 5.94. The zero-order valence-electron chi connectivity index (χ0n) is 16.9. The lowest BCUT2D eigenvalue weighted by Crippen LogP contribution is -2.35. The monoisotopic (exact) mass is 402 g/mol. The summed E-state index contributed by atoms with van der Waals surface area (Å²) >= 11 is 0. The minimum absolute atomic E-state index is 0.318. The van der Waals surface area contributed by atoms with Gasteiger partial charge in [-0.1, -0.05) is 97.1 Å². The Morgan fingerprint density at radius 1 is 0.548 bits per heavy atom. The van der Waals surface area contributed by atoms with Crippen LogP contribution in [0.5, 0.6) is 0 Å². The average Bonchev–Trinajstić information content (AvgIpc) is 2.85. The molecular formula is C27H22N4. The molecule has 0 saturated heterocycles. The fraction of sp³-hybridized carbons (Fsp3) is 0.0370. The number of nitrogens with two attached hydrogens (primary N) is 1. The Morgan fingerprint density at radius 2 is 1.10 bits per heavy atom. The quantitative estimate of drug-likeness (QED) is 0.447. The number of benzene rings is 4. The standard InChI is InChI=1S/C27H22N4/c28-24-13-7-12-23(18-24)19-14-16-22(17-15-19)27-30-25(20-8-3-1-4-9-20)29-26(31-27)21-10-5-2-6-11-21/h1-18,27H,28H2,(H,29,30,31). The number of amidine groups is 2. The minimum Gasteiger partial charge on any atom is -0.399 e. The molecule has 0 amide bonds. The second-order valence-electron chi connectivity index (χ2n) is 7.43. The van der Waals surface area contributed by atoms with E-state index in [0.29, 0.717) is 0 Å². The van der Waals surface area contributed by atoms with Crippen LogP contribution in [0.15, 0.2) is 119 Å². The highest BCUT2D eigenvalue weighted by atomic mass is 15.2. The number of hydrogen-bond donors (Lipinski definition) is 2. The molecule has 0 fully saturated rings. The van der Waals surface area contributed by atoms with Crippen molar-refractivity contribution in [2.45, 2.75) is 6.17 Å². The molecule has 1 heterocycles. The van der Waals surface area contributed by atoms with Crippen LogP contribution in [0.1, 0.15) is 22.9 Å². The van der Waals surface area contributed by atoms with Gasteiger partial charge in [-0.25, -0.2) is 9.98 Å². The zero-order valence-corrected chi connectivity index (χ0v) is 16.9. The number of nitrogens with one attached hydrogen (secondary N) is 1. The van der Waals surface area contributed by atoms with Gasteiger partial charge in [0.1, 0.15) is 11.7 Å². The van der Waals surface area contributed by atoms with Gasteiger partial charge in [-0.2, -0.15) is 0 Å². The Kier molecular flexibility index (Phi) is 5.03. The van der Waals surface area contributed by atoms with E-state index in [4.69, 9.17) is 15.7 Å². The number of rotatable bonds is 4. The number of nitrogen functional groups attached to an aromatic ring is 1. The van der Waals surface area contributed by atoms with E-state index in [2.05, 4.69) is 59.9 Å². The number of aliphatic imine (C=N–C) groups is 2. The van der Waals surface area contributed by atoms with Crippen molar-refractivity contribution in [1.82, 2.24) is 5.32 Å². The molecule has 4 nitrogen and oxygen atoms in total. The molecule has 4 heteroatoms. The van der Waals surface area contributed by atoms with E-state index in [1.54, 1.807) is 0 Å². The molecule has 0 saturated carbocycles. The average molecular weight is 403 g/mol. The number of anilines is 1. The molecule has 150 valence electrons. The fourth-order valence-electron chi connectivity index (χ4n) is 3.65. The summed E-state index contributed by atoms with van der Waals surface area (Å²) in [6.07, 6.45) is -0.318. The van der Waals surface area contributed by atoms with Gasteiger partial charge >= 0.3 is 0 Å². The van der Waals surface area contributed by atoms with Crippen LogP contribution in [0, 0.1) is 0 Å². The molecule has 1 aliphatic heterocycles. The van der Waals surface area contributed by atoms with Crippen LogP contribution in [0.4, 0.5) is 5.69 Å². The van der Waals surface area contributed by atoms with Gasteiger partial charge < -0.3 is 11.1 Å². The summed E-state index contributed by atoms with van der Waals surface area (Å²) in [6, 6.07) is 36.6. The van der Waals surface area contributed by atoms with E-state index in [9.17, 15) is 0 Å². The third-order valence-corrected chi connectivity index (χ3v) is 5.26. The summed E-state index contributed by atoms with van der Waals surface area (Å²) < 4.78 is 0. The predicted molar refractivity (Wildman–Crippen MR) is 128 cm³/mol. The molecular weight excluding hydrogens is 380 g/mol. The summed E-state index contributed by atoms with van der Waals surface area (Å²) in [6.45, 7) is 0. The lowest BCUT2D eigenvalue weighted by Gasteiger charge is -2.22. The lowest BCUT2D eigenvalue weighted by molar-refractivity contribution is 0.756. The highest BCUT2D eigenvalue weighted by molar-refractivity contribution is 6.15. The molecule has 4 aromatic rings. The summed E-state index contributed by atoms with van der Waals surface area (Å²) in [5, 5.41) is 3.42. The van der Waals surface area contributed by atoms with Gasteiger partial charge in [0.15, 0.2) is 6.17 Å². The Morgan fingerprint density at radius 3 is 1.65 bits per heavy atom. The summed E-state index contributed by atoms with van der Waals surface area (Å²) in [7, 11) is 0. The van der Waals surface area contributed by atoms with Crippen molar-refractivity contribution >= 4 is 17.4 Å². The molecule has 0 bridgehead atoms. The molecule has 0 aliphatic carbocycles. The molecule has 1 aliphatic rings. The van der Waals surface area contributed by atoms with Crippen LogP contribution in [0.25, 0.3) is 11.1 Å². The number of nitrogens with zero attached hydrogens (tertiary/aromatic N) is 2. The highest BCUT2D eigenvalue weighted by Crippen LogP contribution is 2.27. The van der Waals surface area contributed by atoms with Crippen LogP contribution in [0.2, 0.25) is 0 Å². The van der Waals surface area contributed by atoms with Gasteiger partial charge in [0, 0.05) is 16.8 Å². The smallest absolute Gasteiger partial charge is 0.169 e. The molecule has 3 N–H and O–H groups in total. The largest absolute Gasteiger partial charge is 0.399 e. The lowest BCUT2D eigenvalue weighted by atomic mass is 10.0. The van der Waals surface area contributed by atoms with Crippen molar-refractivity contribution in [2.24, 2.45) is 9.98 Å². The molecule has 5 rings (SSSR count). The molecule has 0 unspecified atom stereocenters. The Bertz CT molecular complexity index is 1190. The van der Waals surface area contributed by atoms with E-state index in [1.807, 2.05) is 54.6 Å². The van der Waals surface area contributed by atoms with E-state index >= 15 is 0 Å². The first kappa shape index (κ1) is 18.8. The Balaban J connectivity index is 1.52. The third-order valence-electron chi connectivity index (χ3n) is 5.26. The number of hydrogen-bond acceptors (Lipinski definition) is 4. The predicted octanol–water partition coefficient (Wildman–Crippen LogP) is 5.43. The van der Waals surface area contributed by atoms with Crippen LogP contribution < -0.4 is 11.1 Å². The van der Waals surface area contributed by atoms with E-state index in [0.717, 1.165) is 45.2 Å². The second kappa shape index (κ2) is 8.28. The van der Waals surface area contributed by atoms with Crippen molar-refractivity contribution in [1.29, 1.82) is 0 Å². The summed E-state index contributed by atoms with van der Waals surface area (Å²) in [4.78, 5) is 9.83. The van der Waals surface area contributed by atoms with E-state index < -0.39 is 0 Å². The van der Waals surface area contributed by atoms with Gasteiger partial charge in [0.05, 0.1) is 0 Å². The molecule has 0 spiro atoms. The molecule has 0 radical (unpaired) electrons. The summed E-state index contributed by atoms with van der Waals surface area (Å²) in [5.74, 6) is 1.64. The van der Waals surface area contributed by atoms with Crippen molar-refractivity contribution in [3.05, 3.63) is 126 Å². The Hall–Kier alpha value is -4.18. The van der Waals surface area contributed by atoms with Gasteiger partial charge in [-0.3, -0.25) is 0 Å². The second-order valence-corrected chi connectivity index (χ2v) is 7.43. The maximum absolute atomic E-state index is 5.94. The highest BCUT2D eigenvalue weighted by Gasteiger charge is 2.20. The van der Waals surface area contributed by atoms with Gasteiger partial charge in [0.2, 0.25) is 0 Å². The van der Waals surface area contributed by atoms with Crippen LogP contribution in [-0.2, 0) is 0 Å². The fourth-order valence-corrected chi connectivity index (χ4v) is 3.65. The van der Waals surface area contributed by atoms with E-state index in [1.165, 1.54) is 0 Å². The van der Waals surface area contributed by atoms with Gasteiger partial charge in [0.25, 0.3) is 0 Å². The Labute approximate surface area is 181 Å². The third kappa shape index (κ3) is 4.09. The first-order chi connectivity index (χ1) is 15.3. The van der Waals surface area contributed by atoms with Gasteiger partial charge in [-0.05, 0) is 28.8 Å². The van der Waals surface area contributed by atoms with Crippen molar-refractivity contribution < 1.29 is 0 Å². The van der Waals surface area contributed by atoms with Crippen LogP contribution in [-0.4, -0.2) is 11.7 Å². The molecule has 31 heavy (non-hydrogen) atoms. The normalized spacial score (nSPS) is 13.8. The molecule has 0 aromatic heterocycles. The SMILES string of the molecule is Nc1cccc(-c2ccc(C3N=C(c4ccccc4)NC(c4ccccc4)=N3)cc2)c1. The minimum atomic E-state index is -0.318. The van der Waals surface area contributed by atoms with Crippen molar-refractivity contribution in [3.8, 4) is 11.1 Å². The van der Waals surface area contributed by atoms with Crippen LogP contribution >= 0.6 is 0 Å². The topological polar surface area (TPSA) is 62.8 Å². The summed E-state index contributed by atoms with van der Waals surface area (Å²) in [5.41, 5.74) is 12.0.